The fourth-order valence-corrected chi connectivity index (χ4v) is 3.11. The molecule has 1 fully saturated rings. The van der Waals surface area contributed by atoms with Gasteiger partial charge in [0.2, 0.25) is 0 Å². The predicted octanol–water partition coefficient (Wildman–Crippen LogP) is 2.59. The Morgan fingerprint density at radius 1 is 1.32 bits per heavy atom. The molecule has 1 atom stereocenters. The summed E-state index contributed by atoms with van der Waals surface area (Å²) in [4.78, 5) is 14.6. The van der Waals surface area contributed by atoms with Crippen LogP contribution in [0.2, 0.25) is 0 Å². The van der Waals surface area contributed by atoms with Crippen LogP contribution in [-0.4, -0.2) is 39.7 Å². The van der Waals surface area contributed by atoms with E-state index in [1.807, 2.05) is 29.2 Å². The van der Waals surface area contributed by atoms with Gasteiger partial charge >= 0.3 is 0 Å². The molecule has 1 aromatic carbocycles. The van der Waals surface area contributed by atoms with E-state index in [1.54, 1.807) is 17.1 Å². The molecule has 2 aromatic rings. The van der Waals surface area contributed by atoms with Gasteiger partial charge in [0.15, 0.2) is 0 Å². The van der Waals surface area contributed by atoms with E-state index < -0.39 is 0 Å². The van der Waals surface area contributed by atoms with Gasteiger partial charge in [-0.3, -0.25) is 4.79 Å². The van der Waals surface area contributed by atoms with Crippen LogP contribution >= 0.6 is 15.9 Å². The van der Waals surface area contributed by atoms with Crippen LogP contribution in [0.25, 0.3) is 5.69 Å². The summed E-state index contributed by atoms with van der Waals surface area (Å²) in [6, 6.07) is 7.96. The number of likely N-dealkylation sites (tertiary alicyclic amines) is 1. The Morgan fingerprint density at radius 2 is 2.09 bits per heavy atom. The quantitative estimate of drug-likeness (QED) is 0.912. The van der Waals surface area contributed by atoms with Crippen LogP contribution in [0.15, 0.2) is 41.1 Å². The maximum atomic E-state index is 12.7. The number of hydrogen-bond acceptors (Lipinski definition) is 3. The highest BCUT2D eigenvalue weighted by Crippen LogP contribution is 2.20. The van der Waals surface area contributed by atoms with Gasteiger partial charge in [0, 0.05) is 29.8 Å². The van der Waals surface area contributed by atoms with Gasteiger partial charge in [0.05, 0.1) is 17.4 Å². The largest absolute Gasteiger partial charge is 0.334 e. The summed E-state index contributed by atoms with van der Waals surface area (Å²) in [5, 5.41) is 4.31. The first kappa shape index (κ1) is 15.2. The number of rotatable bonds is 3. The van der Waals surface area contributed by atoms with E-state index in [0.717, 1.165) is 36.0 Å². The molecule has 3 rings (SSSR count). The highest BCUT2D eigenvalue weighted by Gasteiger charge is 2.27. The van der Waals surface area contributed by atoms with E-state index in [4.69, 9.17) is 5.73 Å². The molecule has 22 heavy (non-hydrogen) atoms. The zero-order valence-electron chi connectivity index (χ0n) is 12.3. The van der Waals surface area contributed by atoms with E-state index in [1.165, 1.54) is 0 Å². The number of hydrogen-bond donors (Lipinski definition) is 1. The summed E-state index contributed by atoms with van der Waals surface area (Å²) in [5.74, 6) is 0.0264. The van der Waals surface area contributed by atoms with Crippen LogP contribution in [-0.2, 0) is 0 Å². The highest BCUT2D eigenvalue weighted by atomic mass is 79.9. The first-order valence-electron chi connectivity index (χ1n) is 7.50. The molecule has 1 saturated heterocycles. The van der Waals surface area contributed by atoms with Crippen molar-refractivity contribution in [3.63, 3.8) is 0 Å². The molecule has 0 spiro atoms. The zero-order valence-corrected chi connectivity index (χ0v) is 13.9. The maximum Gasteiger partial charge on any atom is 0.257 e. The Bertz CT molecular complexity index is 652. The molecule has 5 nitrogen and oxygen atoms in total. The van der Waals surface area contributed by atoms with Crippen molar-refractivity contribution in [2.24, 2.45) is 5.73 Å². The summed E-state index contributed by atoms with van der Waals surface area (Å²) in [6.07, 6.45) is 6.59. The standard InChI is InChI=1S/C16H19BrN4O/c17-13-4-6-14(7-5-13)21-11-12(10-19-21)16(22)20-8-2-1-3-15(20)9-18/h4-7,10-11,15H,1-3,8-9,18H2. The molecule has 6 heteroatoms. The summed E-state index contributed by atoms with van der Waals surface area (Å²) in [6.45, 7) is 1.30. The Kier molecular flexibility index (Phi) is 4.59. The molecule has 1 amide bonds. The third-order valence-corrected chi connectivity index (χ3v) is 4.61. The van der Waals surface area contributed by atoms with Crippen LogP contribution in [0.1, 0.15) is 29.6 Å². The molecule has 0 radical (unpaired) electrons. The number of aromatic nitrogens is 2. The average molecular weight is 363 g/mol. The molecule has 0 saturated carbocycles. The number of benzene rings is 1. The van der Waals surface area contributed by atoms with Gasteiger partial charge in [-0.05, 0) is 43.5 Å². The fraction of sp³-hybridized carbons (Fsp3) is 0.375. The minimum absolute atomic E-state index is 0.0264. The van der Waals surface area contributed by atoms with Crippen molar-refractivity contribution in [2.45, 2.75) is 25.3 Å². The summed E-state index contributed by atoms with van der Waals surface area (Å²) in [7, 11) is 0. The highest BCUT2D eigenvalue weighted by molar-refractivity contribution is 9.10. The monoisotopic (exact) mass is 362 g/mol. The molecule has 1 unspecified atom stereocenters. The van der Waals surface area contributed by atoms with E-state index >= 15 is 0 Å². The van der Waals surface area contributed by atoms with E-state index in [2.05, 4.69) is 21.0 Å². The third kappa shape index (κ3) is 3.08. The molecule has 2 N–H and O–H groups in total. The van der Waals surface area contributed by atoms with E-state index in [0.29, 0.717) is 12.1 Å². The van der Waals surface area contributed by atoms with Crippen molar-refractivity contribution in [3.05, 3.63) is 46.7 Å². The summed E-state index contributed by atoms with van der Waals surface area (Å²) < 4.78 is 2.74. The lowest BCUT2D eigenvalue weighted by Crippen LogP contribution is -2.47. The van der Waals surface area contributed by atoms with E-state index in [9.17, 15) is 4.79 Å². The number of nitrogens with zero attached hydrogens (tertiary/aromatic N) is 3. The number of nitrogens with two attached hydrogens (primary N) is 1. The van der Waals surface area contributed by atoms with Crippen LogP contribution in [0, 0.1) is 0 Å². The lowest BCUT2D eigenvalue weighted by atomic mass is 10.0. The Balaban J connectivity index is 1.80. The fourth-order valence-electron chi connectivity index (χ4n) is 2.85. The van der Waals surface area contributed by atoms with Gasteiger partial charge in [-0.15, -0.1) is 0 Å². The zero-order chi connectivity index (χ0) is 15.5. The first-order chi connectivity index (χ1) is 10.7. The first-order valence-corrected chi connectivity index (χ1v) is 8.30. The maximum absolute atomic E-state index is 12.7. The average Bonchev–Trinajstić information content (AvgIpc) is 3.05. The number of piperidine rings is 1. The van der Waals surface area contributed by atoms with Crippen LogP contribution in [0.3, 0.4) is 0 Å². The Morgan fingerprint density at radius 3 is 2.82 bits per heavy atom. The SMILES string of the molecule is NCC1CCCCN1C(=O)c1cnn(-c2ccc(Br)cc2)c1. The Labute approximate surface area is 138 Å². The topological polar surface area (TPSA) is 64.2 Å². The van der Waals surface area contributed by atoms with Gasteiger partial charge < -0.3 is 10.6 Å². The van der Waals surface area contributed by atoms with Crippen molar-refractivity contribution in [1.82, 2.24) is 14.7 Å². The Hall–Kier alpha value is -1.66. The molecule has 1 aliphatic rings. The number of carbonyl (C=O) groups excluding carboxylic acids is 1. The van der Waals surface area contributed by atoms with Gasteiger partial charge in [-0.2, -0.15) is 5.10 Å². The summed E-state index contributed by atoms with van der Waals surface area (Å²) >= 11 is 3.41. The molecular weight excluding hydrogens is 344 g/mol. The molecule has 2 heterocycles. The van der Waals surface area contributed by atoms with Gasteiger partial charge in [0.25, 0.3) is 5.91 Å². The van der Waals surface area contributed by atoms with Crippen LogP contribution in [0.4, 0.5) is 0 Å². The van der Waals surface area contributed by atoms with Gasteiger partial charge in [0.1, 0.15) is 0 Å². The molecule has 116 valence electrons. The van der Waals surface area contributed by atoms with Crippen molar-refractivity contribution in [2.75, 3.05) is 13.1 Å². The van der Waals surface area contributed by atoms with E-state index in [-0.39, 0.29) is 11.9 Å². The lowest BCUT2D eigenvalue weighted by Gasteiger charge is -2.34. The van der Waals surface area contributed by atoms with Crippen molar-refractivity contribution >= 4 is 21.8 Å². The molecule has 1 aliphatic heterocycles. The molecule has 0 bridgehead atoms. The minimum atomic E-state index is 0.0264. The van der Waals surface area contributed by atoms with Crippen LogP contribution < -0.4 is 5.73 Å². The second-order valence-electron chi connectivity index (χ2n) is 5.53. The third-order valence-electron chi connectivity index (χ3n) is 4.08. The molecule has 1 aromatic heterocycles. The number of halogens is 1. The summed E-state index contributed by atoms with van der Waals surface area (Å²) in [5.41, 5.74) is 7.34. The second kappa shape index (κ2) is 6.62. The molecular formula is C16H19BrN4O. The van der Waals surface area contributed by atoms with Crippen LogP contribution in [0.5, 0.6) is 0 Å². The second-order valence-corrected chi connectivity index (χ2v) is 6.45. The minimum Gasteiger partial charge on any atom is -0.334 e. The van der Waals surface area contributed by atoms with Crippen molar-refractivity contribution in [3.8, 4) is 5.69 Å². The lowest BCUT2D eigenvalue weighted by molar-refractivity contribution is 0.0623. The van der Waals surface area contributed by atoms with Gasteiger partial charge in [-0.25, -0.2) is 4.68 Å². The normalized spacial score (nSPS) is 18.5. The van der Waals surface area contributed by atoms with Crippen molar-refractivity contribution in [1.29, 1.82) is 0 Å². The number of amides is 1. The van der Waals surface area contributed by atoms with Crippen molar-refractivity contribution < 1.29 is 4.79 Å². The predicted molar refractivity (Wildman–Crippen MR) is 89.0 cm³/mol. The van der Waals surface area contributed by atoms with Gasteiger partial charge in [-0.1, -0.05) is 15.9 Å². The molecule has 0 aliphatic carbocycles. The number of carbonyl (C=O) groups is 1. The smallest absolute Gasteiger partial charge is 0.257 e.